The highest BCUT2D eigenvalue weighted by Gasteiger charge is 2.10. The average Bonchev–Trinajstić information content (AvgIpc) is 2.61. The first kappa shape index (κ1) is 19.1. The Morgan fingerprint density at radius 1 is 1.32 bits per heavy atom. The summed E-state index contributed by atoms with van der Waals surface area (Å²) in [6, 6.07) is 14.8. The quantitative estimate of drug-likeness (QED) is 0.518. The van der Waals surface area contributed by atoms with Crippen molar-refractivity contribution in [1.82, 2.24) is 5.43 Å². The molecule has 0 fully saturated rings. The number of amides is 1. The molecule has 0 radical (unpaired) electrons. The van der Waals surface area contributed by atoms with Crippen molar-refractivity contribution in [2.75, 3.05) is 6.61 Å². The summed E-state index contributed by atoms with van der Waals surface area (Å²) >= 11 is 3.37. The van der Waals surface area contributed by atoms with E-state index >= 15 is 0 Å². The maximum absolute atomic E-state index is 11.8. The van der Waals surface area contributed by atoms with Crippen LogP contribution in [0, 0.1) is 0 Å². The zero-order chi connectivity index (χ0) is 18.1. The smallest absolute Gasteiger partial charge is 0.240 e. The molecule has 1 unspecified atom stereocenters. The average molecular weight is 405 g/mol. The zero-order valence-corrected chi connectivity index (χ0v) is 15.6. The van der Waals surface area contributed by atoms with Gasteiger partial charge in [0.2, 0.25) is 5.91 Å². The fourth-order valence-electron chi connectivity index (χ4n) is 2.21. The molecule has 0 spiro atoms. The van der Waals surface area contributed by atoms with Crippen LogP contribution in [0.25, 0.3) is 0 Å². The lowest BCUT2D eigenvalue weighted by Gasteiger charge is -2.11. The Morgan fingerprint density at radius 3 is 2.76 bits per heavy atom. The Morgan fingerprint density at radius 2 is 2.08 bits per heavy atom. The van der Waals surface area contributed by atoms with Crippen molar-refractivity contribution in [1.29, 1.82) is 0 Å². The number of nitrogens with one attached hydrogen (secondary N) is 1. The third-order valence-corrected chi connectivity index (χ3v) is 3.97. The van der Waals surface area contributed by atoms with Crippen LogP contribution in [0.3, 0.4) is 0 Å². The minimum atomic E-state index is -0.699. The summed E-state index contributed by atoms with van der Waals surface area (Å²) in [5.74, 6) is 0.523. The molecule has 6 heteroatoms. The molecule has 2 aromatic carbocycles. The number of hydrogen-bond acceptors (Lipinski definition) is 4. The maximum Gasteiger partial charge on any atom is 0.240 e. The largest absolute Gasteiger partial charge is 0.494 e. The van der Waals surface area contributed by atoms with Crippen LogP contribution in [0.5, 0.6) is 5.75 Å². The number of carbonyl (C=O) groups is 1. The fraction of sp³-hybridized carbons (Fsp3) is 0.263. The summed E-state index contributed by atoms with van der Waals surface area (Å²) in [5.41, 5.74) is 4.10. The monoisotopic (exact) mass is 404 g/mol. The number of aliphatic hydroxyl groups is 1. The number of halogens is 1. The molecule has 5 nitrogen and oxygen atoms in total. The van der Waals surface area contributed by atoms with Crippen molar-refractivity contribution < 1.29 is 14.6 Å². The van der Waals surface area contributed by atoms with Crippen molar-refractivity contribution in [3.8, 4) is 5.75 Å². The van der Waals surface area contributed by atoms with E-state index in [9.17, 15) is 9.90 Å². The Balaban J connectivity index is 1.77. The Labute approximate surface area is 155 Å². The van der Waals surface area contributed by atoms with Gasteiger partial charge in [-0.3, -0.25) is 4.79 Å². The van der Waals surface area contributed by atoms with Crippen molar-refractivity contribution in [3.63, 3.8) is 0 Å². The molecule has 0 aliphatic carbocycles. The molecule has 0 heterocycles. The summed E-state index contributed by atoms with van der Waals surface area (Å²) < 4.78 is 6.31. The second-order valence-electron chi connectivity index (χ2n) is 5.40. The van der Waals surface area contributed by atoms with Gasteiger partial charge in [-0.1, -0.05) is 40.2 Å². The number of aliphatic hydroxyl groups excluding tert-OH is 1. The molecule has 2 rings (SSSR count). The molecule has 0 aliphatic rings. The van der Waals surface area contributed by atoms with E-state index in [1.54, 1.807) is 18.3 Å². The lowest BCUT2D eigenvalue weighted by atomic mass is 10.0. The van der Waals surface area contributed by atoms with Crippen LogP contribution in [0.2, 0.25) is 0 Å². The minimum Gasteiger partial charge on any atom is -0.494 e. The highest BCUT2D eigenvalue weighted by molar-refractivity contribution is 9.10. The van der Waals surface area contributed by atoms with E-state index in [2.05, 4.69) is 26.5 Å². The first-order chi connectivity index (χ1) is 12.1. The molecular formula is C19H21BrN2O3. The highest BCUT2D eigenvalue weighted by Crippen LogP contribution is 2.21. The molecule has 0 aromatic heterocycles. The van der Waals surface area contributed by atoms with Crippen molar-refractivity contribution in [2.24, 2.45) is 5.10 Å². The molecule has 2 N–H and O–H groups in total. The van der Waals surface area contributed by atoms with Crippen LogP contribution < -0.4 is 10.2 Å². The van der Waals surface area contributed by atoms with Crippen LogP contribution in [-0.4, -0.2) is 23.8 Å². The molecule has 132 valence electrons. The molecule has 25 heavy (non-hydrogen) atoms. The van der Waals surface area contributed by atoms with Gasteiger partial charge in [-0.05, 0) is 48.7 Å². The van der Waals surface area contributed by atoms with Gasteiger partial charge in [-0.25, -0.2) is 5.43 Å². The third kappa shape index (κ3) is 6.68. The van der Waals surface area contributed by atoms with Gasteiger partial charge in [0.05, 0.1) is 18.9 Å². The standard InChI is InChI=1S/C19H21BrN2O3/c1-2-25-17-8-6-15(7-9-17)18(23)10-11-19(24)22-21-13-14-4-3-5-16(20)12-14/h3-9,12-13,18,23H,2,10-11H2,1H3,(H,22,24). The molecule has 0 bridgehead atoms. The fourth-order valence-corrected chi connectivity index (χ4v) is 2.63. The third-order valence-electron chi connectivity index (χ3n) is 3.47. The first-order valence-electron chi connectivity index (χ1n) is 8.06. The Hall–Kier alpha value is -2.18. The van der Waals surface area contributed by atoms with Crippen LogP contribution in [-0.2, 0) is 4.79 Å². The number of ether oxygens (including phenoxy) is 1. The summed E-state index contributed by atoms with van der Waals surface area (Å²) in [6.07, 6.45) is 1.39. The topological polar surface area (TPSA) is 70.9 Å². The SMILES string of the molecule is CCOc1ccc(C(O)CCC(=O)NN=Cc2cccc(Br)c2)cc1. The molecule has 2 aromatic rings. The van der Waals surface area contributed by atoms with E-state index in [1.807, 2.05) is 43.3 Å². The van der Waals surface area contributed by atoms with Gasteiger partial charge in [-0.15, -0.1) is 0 Å². The number of benzene rings is 2. The van der Waals surface area contributed by atoms with Gasteiger partial charge in [0.1, 0.15) is 5.75 Å². The van der Waals surface area contributed by atoms with E-state index in [0.29, 0.717) is 13.0 Å². The van der Waals surface area contributed by atoms with Crippen LogP contribution >= 0.6 is 15.9 Å². The number of hydrazone groups is 1. The van der Waals surface area contributed by atoms with Crippen molar-refractivity contribution >= 4 is 28.1 Å². The molecule has 1 atom stereocenters. The second kappa shape index (κ2) is 9.96. The van der Waals surface area contributed by atoms with E-state index < -0.39 is 6.10 Å². The van der Waals surface area contributed by atoms with Gasteiger partial charge >= 0.3 is 0 Å². The van der Waals surface area contributed by atoms with Crippen LogP contribution in [0.15, 0.2) is 58.1 Å². The number of nitrogens with zero attached hydrogens (tertiary/aromatic N) is 1. The number of carbonyl (C=O) groups excluding carboxylic acids is 1. The normalized spacial score (nSPS) is 12.1. The minimum absolute atomic E-state index is 0.185. The van der Waals surface area contributed by atoms with E-state index in [4.69, 9.17) is 4.74 Å². The molecular weight excluding hydrogens is 384 g/mol. The van der Waals surface area contributed by atoms with Gasteiger partial charge in [-0.2, -0.15) is 5.10 Å². The van der Waals surface area contributed by atoms with E-state index in [-0.39, 0.29) is 12.3 Å². The van der Waals surface area contributed by atoms with Crippen LogP contribution in [0.4, 0.5) is 0 Å². The number of rotatable bonds is 8. The van der Waals surface area contributed by atoms with Gasteiger partial charge in [0, 0.05) is 10.9 Å². The molecule has 0 saturated carbocycles. The highest BCUT2D eigenvalue weighted by atomic mass is 79.9. The summed E-state index contributed by atoms with van der Waals surface area (Å²) in [4.78, 5) is 11.8. The van der Waals surface area contributed by atoms with Gasteiger partial charge in [0.25, 0.3) is 0 Å². The maximum atomic E-state index is 11.8. The van der Waals surface area contributed by atoms with Gasteiger partial charge < -0.3 is 9.84 Å². The predicted octanol–water partition coefficient (Wildman–Crippen LogP) is 3.81. The second-order valence-corrected chi connectivity index (χ2v) is 6.32. The summed E-state index contributed by atoms with van der Waals surface area (Å²) in [7, 11) is 0. The Bertz CT molecular complexity index is 717. The predicted molar refractivity (Wildman–Crippen MR) is 102 cm³/mol. The summed E-state index contributed by atoms with van der Waals surface area (Å²) in [6.45, 7) is 2.52. The van der Waals surface area contributed by atoms with E-state index in [1.165, 1.54) is 0 Å². The number of hydrogen-bond donors (Lipinski definition) is 2. The molecule has 1 amide bonds. The Kier molecular flexibility index (Phi) is 7.63. The zero-order valence-electron chi connectivity index (χ0n) is 14.0. The molecule has 0 aliphatic heterocycles. The van der Waals surface area contributed by atoms with Gasteiger partial charge in [0.15, 0.2) is 0 Å². The van der Waals surface area contributed by atoms with Crippen LogP contribution in [0.1, 0.15) is 37.0 Å². The van der Waals surface area contributed by atoms with Crippen molar-refractivity contribution in [2.45, 2.75) is 25.9 Å². The van der Waals surface area contributed by atoms with Crippen molar-refractivity contribution in [3.05, 3.63) is 64.1 Å². The lowest BCUT2D eigenvalue weighted by Crippen LogP contribution is -2.18. The van der Waals surface area contributed by atoms with E-state index in [0.717, 1.165) is 21.3 Å². The first-order valence-corrected chi connectivity index (χ1v) is 8.86. The molecule has 0 saturated heterocycles. The summed E-state index contributed by atoms with van der Waals surface area (Å²) in [5, 5.41) is 14.1. The lowest BCUT2D eigenvalue weighted by molar-refractivity contribution is -0.121.